The van der Waals surface area contributed by atoms with E-state index in [2.05, 4.69) is 13.8 Å². The van der Waals surface area contributed by atoms with E-state index in [4.69, 9.17) is 9.47 Å². The number of hydrogen-bond acceptors (Lipinski definition) is 3. The summed E-state index contributed by atoms with van der Waals surface area (Å²) in [7, 11) is 1.80. The van der Waals surface area contributed by atoms with Gasteiger partial charge in [-0.3, -0.25) is 4.79 Å². The molecule has 0 amide bonds. The van der Waals surface area contributed by atoms with Gasteiger partial charge in [0.15, 0.2) is 5.78 Å². The summed E-state index contributed by atoms with van der Waals surface area (Å²) in [5.74, 6) is 2.33. The van der Waals surface area contributed by atoms with Gasteiger partial charge in [0.05, 0.1) is 19.3 Å². The quantitative estimate of drug-likeness (QED) is 0.745. The smallest absolute Gasteiger partial charge is 0.155 e. The predicted molar refractivity (Wildman–Crippen MR) is 84.5 cm³/mol. The minimum absolute atomic E-state index is 0.124. The first-order valence-electron chi connectivity index (χ1n) is 8.83. The molecule has 3 fully saturated rings. The molecular formula is C19H28O3. The number of allylic oxidation sites excluding steroid dienone is 1. The zero-order chi connectivity index (χ0) is 15.5. The van der Waals surface area contributed by atoms with Crippen LogP contribution in [0.5, 0.6) is 0 Å². The van der Waals surface area contributed by atoms with Crippen LogP contribution in [0.1, 0.15) is 46.0 Å². The molecule has 22 heavy (non-hydrogen) atoms. The Labute approximate surface area is 133 Å². The summed E-state index contributed by atoms with van der Waals surface area (Å²) in [5, 5.41) is 0. The third-order valence-electron chi connectivity index (χ3n) is 7.49. The van der Waals surface area contributed by atoms with Crippen LogP contribution in [-0.2, 0) is 14.3 Å². The molecule has 0 radical (unpaired) electrons. The molecule has 1 heterocycles. The highest BCUT2D eigenvalue weighted by Gasteiger charge is 2.58. The van der Waals surface area contributed by atoms with E-state index in [9.17, 15) is 4.79 Å². The number of rotatable bonds is 1. The number of carbonyl (C=O) groups excluding carboxylic acids is 1. The van der Waals surface area contributed by atoms with Gasteiger partial charge in [-0.1, -0.05) is 13.8 Å². The van der Waals surface area contributed by atoms with Crippen molar-refractivity contribution in [3.8, 4) is 0 Å². The first-order chi connectivity index (χ1) is 10.5. The highest BCUT2D eigenvalue weighted by molar-refractivity contribution is 5.91. The van der Waals surface area contributed by atoms with Crippen LogP contribution in [0.25, 0.3) is 0 Å². The summed E-state index contributed by atoms with van der Waals surface area (Å²) >= 11 is 0. The van der Waals surface area contributed by atoms with Crippen molar-refractivity contribution in [2.24, 2.45) is 28.6 Å². The van der Waals surface area contributed by atoms with Gasteiger partial charge in [0.1, 0.15) is 0 Å². The fourth-order valence-electron chi connectivity index (χ4n) is 6.12. The third kappa shape index (κ3) is 1.91. The summed E-state index contributed by atoms with van der Waals surface area (Å²) in [5.41, 5.74) is 1.80. The highest BCUT2D eigenvalue weighted by Crippen LogP contribution is 2.63. The highest BCUT2D eigenvalue weighted by atomic mass is 16.5. The van der Waals surface area contributed by atoms with Gasteiger partial charge in [-0.15, -0.1) is 0 Å². The molecule has 1 saturated heterocycles. The van der Waals surface area contributed by atoms with Gasteiger partial charge < -0.3 is 9.47 Å². The van der Waals surface area contributed by atoms with Crippen LogP contribution in [0.4, 0.5) is 0 Å². The zero-order valence-corrected chi connectivity index (χ0v) is 14.1. The molecule has 4 rings (SSSR count). The van der Waals surface area contributed by atoms with Crippen molar-refractivity contribution in [3.63, 3.8) is 0 Å². The Bertz CT molecular complexity index is 525. The number of carbonyl (C=O) groups is 1. The van der Waals surface area contributed by atoms with E-state index in [1.54, 1.807) is 7.11 Å². The molecular weight excluding hydrogens is 276 g/mol. The lowest BCUT2D eigenvalue weighted by molar-refractivity contribution is -0.119. The lowest BCUT2D eigenvalue weighted by Gasteiger charge is -2.58. The maximum atomic E-state index is 12.0. The summed E-state index contributed by atoms with van der Waals surface area (Å²) in [6.45, 7) is 6.66. The largest absolute Gasteiger partial charge is 0.381 e. The summed E-state index contributed by atoms with van der Waals surface area (Å²) in [6, 6.07) is 0. The van der Waals surface area contributed by atoms with Crippen LogP contribution in [0.2, 0.25) is 0 Å². The molecule has 0 unspecified atom stereocenters. The van der Waals surface area contributed by atoms with Gasteiger partial charge in [0.25, 0.3) is 0 Å². The molecule has 6 atom stereocenters. The van der Waals surface area contributed by atoms with Crippen molar-refractivity contribution in [1.29, 1.82) is 0 Å². The molecule has 0 N–H and O–H groups in total. The minimum atomic E-state index is 0.124. The SMILES string of the molecule is CO[C@H]1C[C@H]2[C@@H]3COC[C@@]3(C)CC[C@@H]2[C@@]2(C)CCC(=O)C=C12. The number of methoxy groups -OCH3 is 1. The third-order valence-corrected chi connectivity index (χ3v) is 7.49. The van der Waals surface area contributed by atoms with Crippen LogP contribution in [0.3, 0.4) is 0 Å². The molecule has 2 saturated carbocycles. The minimum Gasteiger partial charge on any atom is -0.381 e. The van der Waals surface area contributed by atoms with Crippen LogP contribution >= 0.6 is 0 Å². The molecule has 0 bridgehead atoms. The maximum Gasteiger partial charge on any atom is 0.155 e. The van der Waals surface area contributed by atoms with Crippen molar-refractivity contribution in [1.82, 2.24) is 0 Å². The van der Waals surface area contributed by atoms with Crippen molar-refractivity contribution >= 4 is 5.78 Å². The van der Waals surface area contributed by atoms with Crippen LogP contribution < -0.4 is 0 Å². The average molecular weight is 304 g/mol. The fraction of sp³-hybridized carbons (Fsp3) is 0.842. The van der Waals surface area contributed by atoms with Crippen molar-refractivity contribution in [2.45, 2.75) is 52.1 Å². The van der Waals surface area contributed by atoms with E-state index < -0.39 is 0 Å². The first kappa shape index (κ1) is 14.9. The normalized spacial score (nSPS) is 50.9. The Morgan fingerprint density at radius 2 is 2.09 bits per heavy atom. The molecule has 122 valence electrons. The monoisotopic (exact) mass is 304 g/mol. The molecule has 3 heteroatoms. The van der Waals surface area contributed by atoms with Crippen LogP contribution in [0.15, 0.2) is 11.6 Å². The molecule has 1 aliphatic heterocycles. The Balaban J connectivity index is 1.74. The molecule has 0 aromatic rings. The van der Waals surface area contributed by atoms with Gasteiger partial charge in [-0.2, -0.15) is 0 Å². The summed E-state index contributed by atoms with van der Waals surface area (Å²) < 4.78 is 11.7. The van der Waals surface area contributed by atoms with Crippen molar-refractivity contribution in [3.05, 3.63) is 11.6 Å². The topological polar surface area (TPSA) is 35.5 Å². The lowest BCUT2D eigenvalue weighted by atomic mass is 9.47. The van der Waals surface area contributed by atoms with E-state index in [0.717, 1.165) is 26.1 Å². The number of hydrogen-bond donors (Lipinski definition) is 0. The Morgan fingerprint density at radius 1 is 1.27 bits per heavy atom. The van der Waals surface area contributed by atoms with Gasteiger partial charge in [0.2, 0.25) is 0 Å². The molecule has 0 aromatic heterocycles. The zero-order valence-electron chi connectivity index (χ0n) is 14.1. The predicted octanol–water partition coefficient (Wildman–Crippen LogP) is 3.38. The second-order valence-corrected chi connectivity index (χ2v) is 8.53. The summed E-state index contributed by atoms with van der Waals surface area (Å²) in [4.78, 5) is 12.0. The second-order valence-electron chi connectivity index (χ2n) is 8.53. The molecule has 0 spiro atoms. The standard InChI is InChI=1S/C19H28O3/c1-18-6-5-14-13(16(18)10-22-11-18)9-17(21-3)15-8-12(20)4-7-19(14,15)2/h8,13-14,16-17H,4-7,9-11H2,1-3H3/t13-,14+,16+,17+,18-,19-/m1/s1. The van der Waals surface area contributed by atoms with Crippen molar-refractivity contribution in [2.75, 3.05) is 20.3 Å². The Morgan fingerprint density at radius 3 is 2.86 bits per heavy atom. The molecule has 4 aliphatic rings. The van der Waals surface area contributed by atoms with Gasteiger partial charge in [-0.05, 0) is 65.9 Å². The van der Waals surface area contributed by atoms with Crippen LogP contribution in [-0.4, -0.2) is 32.2 Å². The average Bonchev–Trinajstić information content (AvgIpc) is 2.89. The summed E-state index contributed by atoms with van der Waals surface area (Å²) in [6.07, 6.45) is 7.37. The van der Waals surface area contributed by atoms with Gasteiger partial charge in [0, 0.05) is 13.5 Å². The Hall–Kier alpha value is -0.670. The number of fused-ring (bicyclic) bond motifs is 5. The van der Waals surface area contributed by atoms with E-state index in [-0.39, 0.29) is 17.3 Å². The lowest BCUT2D eigenvalue weighted by Crippen LogP contribution is -2.54. The van der Waals surface area contributed by atoms with Gasteiger partial charge >= 0.3 is 0 Å². The maximum absolute atomic E-state index is 12.0. The first-order valence-corrected chi connectivity index (χ1v) is 8.83. The van der Waals surface area contributed by atoms with E-state index in [1.807, 2.05) is 6.08 Å². The Kier molecular flexibility index (Phi) is 3.32. The molecule has 3 nitrogen and oxygen atoms in total. The van der Waals surface area contributed by atoms with Gasteiger partial charge in [-0.25, -0.2) is 0 Å². The van der Waals surface area contributed by atoms with Crippen molar-refractivity contribution < 1.29 is 14.3 Å². The van der Waals surface area contributed by atoms with E-state index in [1.165, 1.54) is 18.4 Å². The van der Waals surface area contributed by atoms with E-state index in [0.29, 0.717) is 29.6 Å². The molecule has 3 aliphatic carbocycles. The number of ether oxygens (including phenoxy) is 2. The number of ketones is 1. The molecule has 0 aromatic carbocycles. The van der Waals surface area contributed by atoms with E-state index >= 15 is 0 Å². The second kappa shape index (κ2) is 4.91. The van der Waals surface area contributed by atoms with Crippen LogP contribution in [0, 0.1) is 28.6 Å². The fourth-order valence-corrected chi connectivity index (χ4v) is 6.12.